The van der Waals surface area contributed by atoms with Gasteiger partial charge in [0.15, 0.2) is 0 Å². The number of nitriles is 1. The number of benzene rings is 2. The summed E-state index contributed by atoms with van der Waals surface area (Å²) in [5, 5.41) is 11.8. The van der Waals surface area contributed by atoms with Crippen LogP contribution in [0.4, 0.5) is 23.2 Å². The number of anilines is 1. The molecule has 3 nitrogen and oxygen atoms in total. The number of hydrogen-bond acceptors (Lipinski definition) is 2. The van der Waals surface area contributed by atoms with Crippen molar-refractivity contribution in [1.82, 2.24) is 0 Å². The van der Waals surface area contributed by atoms with Crippen molar-refractivity contribution in [3.8, 4) is 6.07 Å². The Morgan fingerprint density at radius 1 is 1.26 bits per heavy atom. The summed E-state index contributed by atoms with van der Waals surface area (Å²) in [5.41, 5.74) is -0.909. The lowest BCUT2D eigenvalue weighted by atomic mass is 9.93. The fraction of sp³-hybridized carbons (Fsp3) is 0.263. The molecule has 0 aliphatic heterocycles. The fourth-order valence-electron chi connectivity index (χ4n) is 3.00. The number of carbonyl (C=O) groups is 1. The summed E-state index contributed by atoms with van der Waals surface area (Å²) in [6, 6.07) is 7.36. The van der Waals surface area contributed by atoms with Crippen molar-refractivity contribution >= 4 is 27.5 Å². The minimum absolute atomic E-state index is 0.0534. The molecule has 1 aliphatic carbocycles. The van der Waals surface area contributed by atoms with E-state index in [0.29, 0.717) is 34.6 Å². The van der Waals surface area contributed by atoms with Crippen LogP contribution in [0.5, 0.6) is 0 Å². The molecule has 1 N–H and O–H groups in total. The average Bonchev–Trinajstić information content (AvgIpc) is 3.38. The van der Waals surface area contributed by atoms with Crippen LogP contribution in [0.2, 0.25) is 0 Å². The van der Waals surface area contributed by atoms with E-state index in [4.69, 9.17) is 5.26 Å². The highest BCUT2D eigenvalue weighted by Gasteiger charge is 2.53. The van der Waals surface area contributed by atoms with Crippen LogP contribution in [0, 0.1) is 24.1 Å². The van der Waals surface area contributed by atoms with Gasteiger partial charge in [-0.1, -0.05) is 6.07 Å². The highest BCUT2D eigenvalue weighted by Crippen LogP contribution is 2.50. The molecule has 0 bridgehead atoms. The van der Waals surface area contributed by atoms with Crippen LogP contribution in [-0.4, -0.2) is 5.91 Å². The van der Waals surface area contributed by atoms with Crippen molar-refractivity contribution in [2.45, 2.75) is 31.4 Å². The molecule has 2 aromatic carbocycles. The Balaban J connectivity index is 1.90. The van der Waals surface area contributed by atoms with E-state index in [9.17, 15) is 22.4 Å². The van der Waals surface area contributed by atoms with Crippen molar-refractivity contribution < 1.29 is 22.4 Å². The Morgan fingerprint density at radius 2 is 1.93 bits per heavy atom. The molecule has 1 saturated carbocycles. The topological polar surface area (TPSA) is 52.9 Å². The normalized spacial score (nSPS) is 15.1. The quantitative estimate of drug-likeness (QED) is 0.644. The second kappa shape index (κ2) is 6.64. The number of hydrogen-bond donors (Lipinski definition) is 1. The van der Waals surface area contributed by atoms with Crippen molar-refractivity contribution in [3.05, 3.63) is 62.9 Å². The van der Waals surface area contributed by atoms with Crippen LogP contribution < -0.4 is 5.32 Å². The van der Waals surface area contributed by atoms with Gasteiger partial charge in [0.25, 0.3) is 0 Å². The van der Waals surface area contributed by atoms with Crippen LogP contribution in [0.3, 0.4) is 0 Å². The summed E-state index contributed by atoms with van der Waals surface area (Å²) in [7, 11) is 0. The predicted molar refractivity (Wildman–Crippen MR) is 94.5 cm³/mol. The largest absolute Gasteiger partial charge is 0.416 e. The number of nitrogens with one attached hydrogen (secondary N) is 1. The van der Waals surface area contributed by atoms with Crippen LogP contribution in [0.15, 0.2) is 34.8 Å². The Morgan fingerprint density at radius 3 is 2.44 bits per heavy atom. The lowest BCUT2D eigenvalue weighted by Gasteiger charge is -2.18. The minimum atomic E-state index is -4.65. The van der Waals surface area contributed by atoms with Gasteiger partial charge in [-0.25, -0.2) is 4.39 Å². The van der Waals surface area contributed by atoms with Crippen LogP contribution in [0.1, 0.15) is 35.1 Å². The maximum atomic E-state index is 14.3. The van der Waals surface area contributed by atoms with E-state index >= 15 is 0 Å². The molecule has 8 heteroatoms. The number of carbonyl (C=O) groups excluding carboxylic acids is 1. The van der Waals surface area contributed by atoms with Gasteiger partial charge in [-0.2, -0.15) is 18.4 Å². The standard InChI is InChI=1S/C19H13BrF4N2O/c1-10-6-13(7-11(9-25)16(10)20)26-17(27)18(4-5-18)14-3-2-12(8-15(14)21)19(22,23)24/h2-3,6-8H,4-5H2,1H3,(H,26,27). The molecule has 1 fully saturated rings. The van der Waals surface area contributed by atoms with Gasteiger partial charge in [-0.3, -0.25) is 4.79 Å². The lowest BCUT2D eigenvalue weighted by Crippen LogP contribution is -2.29. The first-order chi connectivity index (χ1) is 12.6. The summed E-state index contributed by atoms with van der Waals surface area (Å²) in [6.45, 7) is 1.75. The second-order valence-electron chi connectivity index (χ2n) is 6.50. The van der Waals surface area contributed by atoms with Crippen LogP contribution in [0.25, 0.3) is 0 Å². The zero-order valence-electron chi connectivity index (χ0n) is 14.0. The van der Waals surface area contributed by atoms with Crippen LogP contribution in [-0.2, 0) is 16.4 Å². The summed E-state index contributed by atoms with van der Waals surface area (Å²) < 4.78 is 53.1. The molecule has 27 heavy (non-hydrogen) atoms. The summed E-state index contributed by atoms with van der Waals surface area (Å²) >= 11 is 3.28. The van der Waals surface area contributed by atoms with E-state index in [1.165, 1.54) is 6.07 Å². The fourth-order valence-corrected chi connectivity index (χ4v) is 3.31. The van der Waals surface area contributed by atoms with E-state index in [1.54, 1.807) is 13.0 Å². The molecule has 0 atom stereocenters. The van der Waals surface area contributed by atoms with Crippen LogP contribution >= 0.6 is 15.9 Å². The van der Waals surface area contributed by atoms with Gasteiger partial charge >= 0.3 is 6.18 Å². The Kier molecular flexibility index (Phi) is 4.76. The number of rotatable bonds is 3. The van der Waals surface area contributed by atoms with Gasteiger partial charge < -0.3 is 5.32 Å². The third-order valence-electron chi connectivity index (χ3n) is 4.63. The summed E-state index contributed by atoms with van der Waals surface area (Å²) in [4.78, 5) is 12.7. The van der Waals surface area contributed by atoms with E-state index in [2.05, 4.69) is 21.2 Å². The van der Waals surface area contributed by atoms with Gasteiger partial charge in [0, 0.05) is 15.7 Å². The molecular weight excluding hydrogens is 428 g/mol. The average molecular weight is 441 g/mol. The first-order valence-electron chi connectivity index (χ1n) is 7.97. The molecular formula is C19H13BrF4N2O. The number of halogens is 5. The number of alkyl halides is 3. The molecule has 2 aromatic rings. The smallest absolute Gasteiger partial charge is 0.325 e. The predicted octanol–water partition coefficient (Wildman–Crippen LogP) is 5.46. The molecule has 0 aromatic heterocycles. The van der Waals surface area contributed by atoms with Gasteiger partial charge in [-0.15, -0.1) is 0 Å². The maximum absolute atomic E-state index is 14.3. The maximum Gasteiger partial charge on any atom is 0.416 e. The summed E-state index contributed by atoms with van der Waals surface area (Å²) in [6.07, 6.45) is -3.98. The molecule has 0 saturated heterocycles. The van der Waals surface area contributed by atoms with Crippen molar-refractivity contribution in [2.75, 3.05) is 5.32 Å². The molecule has 1 amide bonds. The zero-order chi connectivity index (χ0) is 20.0. The molecule has 0 radical (unpaired) electrons. The summed E-state index contributed by atoms with van der Waals surface area (Å²) in [5.74, 6) is -1.56. The van der Waals surface area contributed by atoms with Gasteiger partial charge in [0.05, 0.1) is 16.5 Å². The number of amides is 1. The van der Waals surface area contributed by atoms with Gasteiger partial charge in [0.2, 0.25) is 5.91 Å². The Labute approximate surface area is 161 Å². The second-order valence-corrected chi connectivity index (χ2v) is 7.29. The van der Waals surface area contributed by atoms with Crippen molar-refractivity contribution in [1.29, 1.82) is 5.26 Å². The SMILES string of the molecule is Cc1cc(NC(=O)C2(c3ccc(C(F)(F)F)cc3F)CC2)cc(C#N)c1Br. The Hall–Kier alpha value is -2.40. The first-order valence-corrected chi connectivity index (χ1v) is 8.77. The lowest BCUT2D eigenvalue weighted by molar-refractivity contribution is -0.137. The third-order valence-corrected chi connectivity index (χ3v) is 5.68. The first kappa shape index (κ1) is 19.4. The highest BCUT2D eigenvalue weighted by atomic mass is 79.9. The molecule has 1 aliphatic rings. The van der Waals surface area contributed by atoms with E-state index in [0.717, 1.165) is 17.7 Å². The molecule has 0 heterocycles. The zero-order valence-corrected chi connectivity index (χ0v) is 15.6. The molecule has 3 rings (SSSR count). The van der Waals surface area contributed by atoms with E-state index in [1.807, 2.05) is 6.07 Å². The van der Waals surface area contributed by atoms with Crippen molar-refractivity contribution in [2.24, 2.45) is 0 Å². The van der Waals surface area contributed by atoms with E-state index < -0.39 is 28.9 Å². The Bertz CT molecular complexity index is 975. The van der Waals surface area contributed by atoms with Gasteiger partial charge in [-0.05, 0) is 65.5 Å². The molecule has 0 spiro atoms. The van der Waals surface area contributed by atoms with Crippen molar-refractivity contribution in [3.63, 3.8) is 0 Å². The number of aryl methyl sites for hydroxylation is 1. The molecule has 140 valence electrons. The number of nitrogens with zero attached hydrogens (tertiary/aromatic N) is 1. The third kappa shape index (κ3) is 3.56. The minimum Gasteiger partial charge on any atom is -0.325 e. The highest BCUT2D eigenvalue weighted by molar-refractivity contribution is 9.10. The van der Waals surface area contributed by atoms with Gasteiger partial charge in [0.1, 0.15) is 11.9 Å². The molecule has 0 unspecified atom stereocenters. The monoisotopic (exact) mass is 440 g/mol. The van der Waals surface area contributed by atoms with E-state index in [-0.39, 0.29) is 5.56 Å².